The molecule has 2 aromatic carbocycles. The van der Waals surface area contributed by atoms with Crippen LogP contribution >= 0.6 is 11.6 Å². The van der Waals surface area contributed by atoms with Crippen LogP contribution in [0.25, 0.3) is 0 Å². The van der Waals surface area contributed by atoms with Crippen LogP contribution in [0.2, 0.25) is 5.02 Å². The number of rotatable bonds is 7. The molecular formula is C22H29ClN2O3S. The topological polar surface area (TPSA) is 66.5 Å². The molecule has 0 aliphatic rings. The summed E-state index contributed by atoms with van der Waals surface area (Å²) in [6, 6.07) is 9.94. The summed E-state index contributed by atoms with van der Waals surface area (Å²) in [5, 5.41) is 3.46. The average molecular weight is 437 g/mol. The summed E-state index contributed by atoms with van der Waals surface area (Å²) >= 11 is 6.19. The van der Waals surface area contributed by atoms with Crippen molar-refractivity contribution < 1.29 is 13.2 Å². The van der Waals surface area contributed by atoms with Gasteiger partial charge < -0.3 is 5.32 Å². The number of sulfonamides is 1. The number of nitrogens with zero attached hydrogens (tertiary/aromatic N) is 1. The molecule has 5 nitrogen and oxygen atoms in total. The highest BCUT2D eigenvalue weighted by Crippen LogP contribution is 2.27. The quantitative estimate of drug-likeness (QED) is 0.684. The third-order valence-corrected chi connectivity index (χ3v) is 6.67. The number of nitrogens with one attached hydrogen (secondary N) is 1. The molecule has 0 fully saturated rings. The molecule has 0 aromatic heterocycles. The Hall–Kier alpha value is -2.05. The second-order valence-corrected chi connectivity index (χ2v) is 9.76. The molecule has 2 atom stereocenters. The number of hydrogen-bond donors (Lipinski definition) is 1. The fourth-order valence-electron chi connectivity index (χ4n) is 3.44. The second-order valence-electron chi connectivity index (χ2n) is 7.50. The molecule has 2 rings (SSSR count). The van der Waals surface area contributed by atoms with Gasteiger partial charge in [-0.2, -0.15) is 0 Å². The van der Waals surface area contributed by atoms with E-state index in [4.69, 9.17) is 11.6 Å². The van der Waals surface area contributed by atoms with Crippen molar-refractivity contribution in [2.75, 3.05) is 10.6 Å². The predicted octanol–water partition coefficient (Wildman–Crippen LogP) is 4.69. The van der Waals surface area contributed by atoms with Gasteiger partial charge in [0.05, 0.1) is 18.0 Å². The number of carbonyl (C=O) groups is 1. The first-order valence-electron chi connectivity index (χ1n) is 9.58. The summed E-state index contributed by atoms with van der Waals surface area (Å²) in [6.07, 6.45) is 1.78. The molecule has 7 heteroatoms. The monoisotopic (exact) mass is 436 g/mol. The number of benzene rings is 2. The summed E-state index contributed by atoms with van der Waals surface area (Å²) in [7, 11) is -3.70. The van der Waals surface area contributed by atoms with E-state index in [1.165, 1.54) is 0 Å². The Morgan fingerprint density at radius 3 is 2.28 bits per heavy atom. The summed E-state index contributed by atoms with van der Waals surface area (Å²) in [4.78, 5) is 13.0. The SMILES string of the molecule is CC[C@@H](NC(=O)[C@@H](C)N(c1ccc(C)c(Cl)c1)S(C)(=O)=O)c1ccc(C)cc1C. The predicted molar refractivity (Wildman–Crippen MR) is 120 cm³/mol. The third kappa shape index (κ3) is 5.52. The normalized spacial score (nSPS) is 13.6. The van der Waals surface area contributed by atoms with E-state index >= 15 is 0 Å². The molecule has 0 saturated carbocycles. The molecule has 0 unspecified atom stereocenters. The largest absolute Gasteiger partial charge is 0.347 e. The number of anilines is 1. The highest BCUT2D eigenvalue weighted by atomic mass is 35.5. The maximum atomic E-state index is 13.0. The maximum Gasteiger partial charge on any atom is 0.244 e. The molecular weight excluding hydrogens is 408 g/mol. The van der Waals surface area contributed by atoms with Crippen LogP contribution in [0, 0.1) is 20.8 Å². The van der Waals surface area contributed by atoms with E-state index in [0.29, 0.717) is 17.1 Å². The summed E-state index contributed by atoms with van der Waals surface area (Å²) in [5.41, 5.74) is 4.48. The standard InChI is InChI=1S/C22H29ClN2O3S/c1-7-21(19-11-8-14(2)12-16(19)4)24-22(26)17(5)25(29(6,27)28)18-10-9-15(3)20(23)13-18/h8-13,17,21H,7H2,1-6H3,(H,24,26)/t17-,21-/m1/s1. The number of hydrogen-bond acceptors (Lipinski definition) is 3. The van der Waals surface area contributed by atoms with Crippen LogP contribution in [0.3, 0.4) is 0 Å². The Morgan fingerprint density at radius 1 is 1.10 bits per heavy atom. The van der Waals surface area contributed by atoms with Crippen molar-refractivity contribution in [3.05, 3.63) is 63.7 Å². The molecule has 158 valence electrons. The molecule has 0 radical (unpaired) electrons. The van der Waals surface area contributed by atoms with Crippen LogP contribution in [0.1, 0.15) is 48.6 Å². The first-order chi connectivity index (χ1) is 13.5. The molecule has 0 saturated heterocycles. The van der Waals surface area contributed by atoms with Gasteiger partial charge in [0.1, 0.15) is 6.04 Å². The Morgan fingerprint density at radius 2 is 1.76 bits per heavy atom. The van der Waals surface area contributed by atoms with E-state index in [9.17, 15) is 13.2 Å². The van der Waals surface area contributed by atoms with E-state index in [-0.39, 0.29) is 11.9 Å². The number of carbonyl (C=O) groups excluding carboxylic acids is 1. The summed E-state index contributed by atoms with van der Waals surface area (Å²) < 4.78 is 26.1. The Bertz CT molecular complexity index is 1010. The van der Waals surface area contributed by atoms with Gasteiger partial charge in [-0.25, -0.2) is 8.42 Å². The lowest BCUT2D eigenvalue weighted by atomic mass is 9.97. The van der Waals surface area contributed by atoms with E-state index < -0.39 is 16.1 Å². The molecule has 1 amide bonds. The van der Waals surface area contributed by atoms with Crippen molar-refractivity contribution in [3.63, 3.8) is 0 Å². The highest BCUT2D eigenvalue weighted by molar-refractivity contribution is 7.92. The molecule has 29 heavy (non-hydrogen) atoms. The Labute approximate surface area is 179 Å². The first kappa shape index (κ1) is 23.2. The Balaban J connectivity index is 2.34. The van der Waals surface area contributed by atoms with Gasteiger partial charge >= 0.3 is 0 Å². The van der Waals surface area contributed by atoms with Crippen LogP contribution in [0.4, 0.5) is 5.69 Å². The number of aryl methyl sites for hydroxylation is 3. The van der Waals surface area contributed by atoms with Gasteiger partial charge in [0.2, 0.25) is 15.9 Å². The van der Waals surface area contributed by atoms with E-state index in [1.54, 1.807) is 25.1 Å². The van der Waals surface area contributed by atoms with Crippen LogP contribution in [0.15, 0.2) is 36.4 Å². The molecule has 0 aliphatic carbocycles. The Kier molecular flexibility index (Phi) is 7.35. The van der Waals surface area contributed by atoms with Crippen molar-refractivity contribution in [2.24, 2.45) is 0 Å². The fourth-order valence-corrected chi connectivity index (χ4v) is 4.78. The maximum absolute atomic E-state index is 13.0. The zero-order chi connectivity index (χ0) is 21.9. The molecule has 2 aromatic rings. The van der Waals surface area contributed by atoms with Gasteiger partial charge in [-0.3, -0.25) is 9.10 Å². The van der Waals surface area contributed by atoms with Crippen LogP contribution in [-0.4, -0.2) is 26.6 Å². The minimum Gasteiger partial charge on any atom is -0.347 e. The molecule has 1 N–H and O–H groups in total. The molecule has 0 heterocycles. The van der Waals surface area contributed by atoms with Crippen molar-refractivity contribution >= 4 is 33.2 Å². The van der Waals surface area contributed by atoms with Gasteiger partial charge in [0.15, 0.2) is 0 Å². The first-order valence-corrected chi connectivity index (χ1v) is 11.8. The molecule has 0 spiro atoms. The molecule has 0 aliphatic heterocycles. The van der Waals surface area contributed by atoms with E-state index in [0.717, 1.165) is 32.8 Å². The van der Waals surface area contributed by atoms with Crippen LogP contribution < -0.4 is 9.62 Å². The van der Waals surface area contributed by atoms with Crippen molar-refractivity contribution in [1.29, 1.82) is 0 Å². The van der Waals surface area contributed by atoms with Gasteiger partial charge in [-0.1, -0.05) is 48.4 Å². The average Bonchev–Trinajstić information content (AvgIpc) is 2.62. The lowest BCUT2D eigenvalue weighted by Gasteiger charge is -2.30. The smallest absolute Gasteiger partial charge is 0.244 e. The van der Waals surface area contributed by atoms with Gasteiger partial charge in [-0.05, 0) is 62.9 Å². The van der Waals surface area contributed by atoms with Crippen LogP contribution in [0.5, 0.6) is 0 Å². The lowest BCUT2D eigenvalue weighted by molar-refractivity contribution is -0.122. The van der Waals surface area contributed by atoms with Gasteiger partial charge in [0.25, 0.3) is 0 Å². The van der Waals surface area contributed by atoms with Gasteiger partial charge in [-0.15, -0.1) is 0 Å². The van der Waals surface area contributed by atoms with Crippen LogP contribution in [-0.2, 0) is 14.8 Å². The van der Waals surface area contributed by atoms with Crippen molar-refractivity contribution in [3.8, 4) is 0 Å². The van der Waals surface area contributed by atoms with E-state index in [2.05, 4.69) is 11.4 Å². The number of halogens is 1. The van der Waals surface area contributed by atoms with E-state index in [1.807, 2.05) is 39.8 Å². The highest BCUT2D eigenvalue weighted by Gasteiger charge is 2.30. The summed E-state index contributed by atoms with van der Waals surface area (Å²) in [6.45, 7) is 9.44. The zero-order valence-corrected chi connectivity index (χ0v) is 19.4. The molecule has 0 bridgehead atoms. The minimum absolute atomic E-state index is 0.200. The van der Waals surface area contributed by atoms with Gasteiger partial charge in [0, 0.05) is 5.02 Å². The third-order valence-electron chi connectivity index (χ3n) is 5.02. The van der Waals surface area contributed by atoms with Crippen molar-refractivity contribution in [2.45, 2.75) is 53.1 Å². The number of amides is 1. The second kappa shape index (κ2) is 9.18. The minimum atomic E-state index is -3.70. The zero-order valence-electron chi connectivity index (χ0n) is 17.8. The lowest BCUT2D eigenvalue weighted by Crippen LogP contribution is -2.48. The fraction of sp³-hybridized carbons (Fsp3) is 0.409. The van der Waals surface area contributed by atoms with Crippen molar-refractivity contribution in [1.82, 2.24) is 5.32 Å². The summed E-state index contributed by atoms with van der Waals surface area (Å²) in [5.74, 6) is -0.362.